The first-order valence-electron chi connectivity index (χ1n) is 6.22. The average Bonchev–Trinajstić information content (AvgIpc) is 2.84. The third-order valence-electron chi connectivity index (χ3n) is 3.26. The van der Waals surface area contributed by atoms with Crippen LogP contribution in [-0.4, -0.2) is 30.1 Å². The van der Waals surface area contributed by atoms with Crippen LogP contribution < -0.4 is 5.32 Å². The van der Waals surface area contributed by atoms with Crippen molar-refractivity contribution < 1.29 is 9.53 Å². The highest BCUT2D eigenvalue weighted by atomic mass is 79.9. The van der Waals surface area contributed by atoms with Crippen molar-refractivity contribution in [2.75, 3.05) is 13.2 Å². The van der Waals surface area contributed by atoms with E-state index in [-0.39, 0.29) is 12.0 Å². The molecule has 1 aromatic heterocycles. The van der Waals surface area contributed by atoms with Crippen LogP contribution in [0, 0.1) is 5.92 Å². The van der Waals surface area contributed by atoms with Crippen LogP contribution in [0.5, 0.6) is 0 Å². The monoisotopic (exact) mass is 312 g/mol. The molecule has 0 saturated carbocycles. The zero-order valence-corrected chi connectivity index (χ0v) is 11.9. The topological polar surface area (TPSA) is 51.2 Å². The van der Waals surface area contributed by atoms with Gasteiger partial charge in [-0.2, -0.15) is 0 Å². The van der Waals surface area contributed by atoms with Crippen molar-refractivity contribution in [1.82, 2.24) is 10.3 Å². The van der Waals surface area contributed by atoms with E-state index in [1.165, 1.54) is 0 Å². The number of hydrogen-bond donors (Lipinski definition) is 1. The molecule has 1 N–H and O–H groups in total. The van der Waals surface area contributed by atoms with Crippen LogP contribution in [0.15, 0.2) is 22.9 Å². The molecule has 0 radical (unpaired) electrons. The van der Waals surface area contributed by atoms with E-state index in [0.717, 1.165) is 24.1 Å². The number of aromatic nitrogens is 1. The van der Waals surface area contributed by atoms with Gasteiger partial charge in [-0.05, 0) is 40.9 Å². The minimum absolute atomic E-state index is 0.0725. The van der Waals surface area contributed by atoms with Gasteiger partial charge in [0.05, 0.1) is 11.7 Å². The summed E-state index contributed by atoms with van der Waals surface area (Å²) >= 11 is 3.25. The van der Waals surface area contributed by atoms with Crippen molar-refractivity contribution in [3.8, 4) is 0 Å². The summed E-state index contributed by atoms with van der Waals surface area (Å²) in [6.45, 7) is 3.59. The van der Waals surface area contributed by atoms with Crippen molar-refractivity contribution in [1.29, 1.82) is 0 Å². The Labute approximate surface area is 115 Å². The maximum atomic E-state index is 11.9. The van der Waals surface area contributed by atoms with Gasteiger partial charge in [-0.25, -0.2) is 4.98 Å². The Morgan fingerprint density at radius 1 is 1.61 bits per heavy atom. The highest BCUT2D eigenvalue weighted by Crippen LogP contribution is 2.22. The summed E-state index contributed by atoms with van der Waals surface area (Å²) in [5.41, 5.74) is 0.588. The SMILES string of the molecule is CCC1OCCC1CNC(=O)c1ccc(Br)nc1. The highest BCUT2D eigenvalue weighted by molar-refractivity contribution is 9.10. The summed E-state index contributed by atoms with van der Waals surface area (Å²) in [6, 6.07) is 3.53. The molecule has 5 heteroatoms. The van der Waals surface area contributed by atoms with Gasteiger partial charge in [-0.3, -0.25) is 4.79 Å². The smallest absolute Gasteiger partial charge is 0.252 e. The van der Waals surface area contributed by atoms with Gasteiger partial charge >= 0.3 is 0 Å². The number of rotatable bonds is 4. The van der Waals surface area contributed by atoms with E-state index >= 15 is 0 Å². The summed E-state index contributed by atoms with van der Waals surface area (Å²) in [5, 5.41) is 2.95. The number of halogens is 1. The fourth-order valence-electron chi connectivity index (χ4n) is 2.21. The molecule has 0 spiro atoms. The average molecular weight is 313 g/mol. The first-order chi connectivity index (χ1) is 8.70. The van der Waals surface area contributed by atoms with Crippen LogP contribution >= 0.6 is 15.9 Å². The van der Waals surface area contributed by atoms with Gasteiger partial charge in [0.2, 0.25) is 0 Å². The number of pyridine rings is 1. The molecule has 2 atom stereocenters. The lowest BCUT2D eigenvalue weighted by atomic mass is 9.99. The Morgan fingerprint density at radius 2 is 2.44 bits per heavy atom. The lowest BCUT2D eigenvalue weighted by Crippen LogP contribution is -2.32. The number of nitrogens with zero attached hydrogens (tertiary/aromatic N) is 1. The van der Waals surface area contributed by atoms with Crippen LogP contribution in [0.3, 0.4) is 0 Å². The molecule has 2 heterocycles. The summed E-state index contributed by atoms with van der Waals surface area (Å²) in [4.78, 5) is 15.9. The van der Waals surface area contributed by atoms with Gasteiger partial charge in [0.1, 0.15) is 4.60 Å². The van der Waals surface area contributed by atoms with E-state index in [0.29, 0.717) is 18.0 Å². The predicted octanol–water partition coefficient (Wildman–Crippen LogP) is 2.39. The second-order valence-corrected chi connectivity index (χ2v) is 5.26. The lowest BCUT2D eigenvalue weighted by molar-refractivity contribution is 0.0826. The van der Waals surface area contributed by atoms with E-state index in [2.05, 4.69) is 33.2 Å². The van der Waals surface area contributed by atoms with Gasteiger partial charge in [-0.15, -0.1) is 0 Å². The number of amides is 1. The lowest BCUT2D eigenvalue weighted by Gasteiger charge is -2.17. The molecule has 0 bridgehead atoms. The molecule has 1 aliphatic rings. The fraction of sp³-hybridized carbons (Fsp3) is 0.538. The van der Waals surface area contributed by atoms with Crippen molar-refractivity contribution in [3.05, 3.63) is 28.5 Å². The highest BCUT2D eigenvalue weighted by Gasteiger charge is 2.26. The summed E-state index contributed by atoms with van der Waals surface area (Å²) in [6.07, 6.45) is 3.88. The van der Waals surface area contributed by atoms with Crippen molar-refractivity contribution in [2.24, 2.45) is 5.92 Å². The van der Waals surface area contributed by atoms with E-state index in [1.54, 1.807) is 18.3 Å². The summed E-state index contributed by atoms with van der Waals surface area (Å²) in [5.74, 6) is 0.360. The standard InChI is InChI=1S/C13H17BrN2O2/c1-2-11-9(5-6-18-11)7-16-13(17)10-3-4-12(14)15-8-10/h3-4,8-9,11H,2,5-7H2,1H3,(H,16,17). The van der Waals surface area contributed by atoms with E-state index in [1.807, 2.05) is 0 Å². The fourth-order valence-corrected chi connectivity index (χ4v) is 2.45. The normalized spacial score (nSPS) is 23.0. The molecule has 0 aromatic carbocycles. The maximum Gasteiger partial charge on any atom is 0.252 e. The quantitative estimate of drug-likeness (QED) is 0.869. The molecule has 2 unspecified atom stereocenters. The molecular formula is C13H17BrN2O2. The van der Waals surface area contributed by atoms with Crippen LogP contribution in [0.1, 0.15) is 30.1 Å². The van der Waals surface area contributed by atoms with Gasteiger partial charge in [0, 0.05) is 25.3 Å². The molecule has 1 amide bonds. The molecule has 98 valence electrons. The Hall–Kier alpha value is -0.940. The van der Waals surface area contributed by atoms with E-state index in [4.69, 9.17) is 4.74 Å². The Kier molecular flexibility index (Phi) is 4.72. The molecule has 1 fully saturated rings. The zero-order chi connectivity index (χ0) is 13.0. The Balaban J connectivity index is 1.86. The van der Waals surface area contributed by atoms with Crippen molar-refractivity contribution in [2.45, 2.75) is 25.9 Å². The molecule has 1 aromatic rings. The number of carbonyl (C=O) groups excluding carboxylic acids is 1. The molecule has 1 aliphatic heterocycles. The van der Waals surface area contributed by atoms with Crippen molar-refractivity contribution >= 4 is 21.8 Å². The van der Waals surface area contributed by atoms with Crippen LogP contribution in [0.25, 0.3) is 0 Å². The molecule has 1 saturated heterocycles. The van der Waals surface area contributed by atoms with Crippen LogP contribution in [0.4, 0.5) is 0 Å². The van der Waals surface area contributed by atoms with Crippen molar-refractivity contribution in [3.63, 3.8) is 0 Å². The molecule has 0 aliphatic carbocycles. The Morgan fingerprint density at radius 3 is 3.11 bits per heavy atom. The van der Waals surface area contributed by atoms with Gasteiger partial charge < -0.3 is 10.1 Å². The van der Waals surface area contributed by atoms with Gasteiger partial charge in [0.15, 0.2) is 0 Å². The largest absolute Gasteiger partial charge is 0.378 e. The number of nitrogens with one attached hydrogen (secondary N) is 1. The summed E-state index contributed by atoms with van der Waals surface area (Å²) < 4.78 is 6.33. The van der Waals surface area contributed by atoms with E-state index in [9.17, 15) is 4.79 Å². The Bertz CT molecular complexity index is 408. The first-order valence-corrected chi connectivity index (χ1v) is 7.01. The maximum absolute atomic E-state index is 11.9. The second kappa shape index (κ2) is 6.29. The zero-order valence-electron chi connectivity index (χ0n) is 10.4. The summed E-state index contributed by atoms with van der Waals surface area (Å²) in [7, 11) is 0. The van der Waals surface area contributed by atoms with Crippen LogP contribution in [0.2, 0.25) is 0 Å². The number of hydrogen-bond acceptors (Lipinski definition) is 3. The minimum Gasteiger partial charge on any atom is -0.378 e. The predicted molar refractivity (Wildman–Crippen MR) is 72.4 cm³/mol. The molecule has 4 nitrogen and oxygen atoms in total. The molecular weight excluding hydrogens is 296 g/mol. The molecule has 2 rings (SSSR count). The number of carbonyl (C=O) groups is 1. The molecule has 18 heavy (non-hydrogen) atoms. The third-order valence-corrected chi connectivity index (χ3v) is 3.73. The first kappa shape index (κ1) is 13.5. The third kappa shape index (κ3) is 3.29. The number of ether oxygens (including phenoxy) is 1. The van der Waals surface area contributed by atoms with Crippen LogP contribution in [-0.2, 0) is 4.74 Å². The van der Waals surface area contributed by atoms with Gasteiger partial charge in [0.25, 0.3) is 5.91 Å². The minimum atomic E-state index is -0.0725. The second-order valence-electron chi connectivity index (χ2n) is 4.45. The van der Waals surface area contributed by atoms with Gasteiger partial charge in [-0.1, -0.05) is 6.92 Å². The van der Waals surface area contributed by atoms with E-state index < -0.39 is 0 Å².